The van der Waals surface area contributed by atoms with Crippen LogP contribution in [0.15, 0.2) is 46.6 Å². The van der Waals surface area contributed by atoms with Gasteiger partial charge in [0.1, 0.15) is 5.54 Å². The molecule has 2 aliphatic heterocycles. The highest BCUT2D eigenvalue weighted by molar-refractivity contribution is 5.86. The van der Waals surface area contributed by atoms with Crippen LogP contribution in [0.4, 0.5) is 0 Å². The highest BCUT2D eigenvalue weighted by atomic mass is 15.4. The summed E-state index contributed by atoms with van der Waals surface area (Å²) in [5.74, 6) is 1.48. The number of allylic oxidation sites excluding steroid dienone is 2. The predicted molar refractivity (Wildman–Crippen MR) is 101 cm³/mol. The van der Waals surface area contributed by atoms with Gasteiger partial charge in [0, 0.05) is 5.56 Å². The topological polar surface area (TPSA) is 6.25 Å². The first-order valence-corrected chi connectivity index (χ1v) is 9.08. The van der Waals surface area contributed by atoms with E-state index in [-0.39, 0.29) is 5.54 Å². The monoisotopic (exact) mass is 321 g/mol. The summed E-state index contributed by atoms with van der Waals surface area (Å²) < 4.78 is 2.55. The molecule has 2 heterocycles. The molecule has 126 valence electrons. The quantitative estimate of drug-likeness (QED) is 0.647. The molecule has 1 aromatic carbocycles. The fourth-order valence-electron chi connectivity index (χ4n) is 5.29. The van der Waals surface area contributed by atoms with Crippen molar-refractivity contribution in [1.82, 2.24) is 4.90 Å². The van der Waals surface area contributed by atoms with Crippen LogP contribution in [0, 0.1) is 0 Å². The number of nitrogens with zero attached hydrogens (tertiary/aromatic N) is 2. The van der Waals surface area contributed by atoms with E-state index < -0.39 is 0 Å². The fourth-order valence-corrected chi connectivity index (χ4v) is 5.29. The van der Waals surface area contributed by atoms with Crippen molar-refractivity contribution in [2.24, 2.45) is 0 Å². The van der Waals surface area contributed by atoms with Gasteiger partial charge in [0.05, 0.1) is 13.5 Å². The third kappa shape index (κ3) is 1.75. The minimum Gasteiger partial charge on any atom is -0.257 e. The smallest absolute Gasteiger partial charge is 0.253 e. The van der Waals surface area contributed by atoms with Crippen molar-refractivity contribution in [3.63, 3.8) is 0 Å². The van der Waals surface area contributed by atoms with Crippen molar-refractivity contribution < 1.29 is 4.58 Å². The van der Waals surface area contributed by atoms with Crippen molar-refractivity contribution in [2.45, 2.75) is 65.6 Å². The molecule has 1 aromatic rings. The van der Waals surface area contributed by atoms with Crippen LogP contribution in [0.1, 0.15) is 52.7 Å². The maximum absolute atomic E-state index is 2.72. The second-order valence-corrected chi connectivity index (χ2v) is 8.30. The van der Waals surface area contributed by atoms with Crippen LogP contribution in [-0.2, 0) is 12.0 Å². The molecule has 0 saturated heterocycles. The van der Waals surface area contributed by atoms with Crippen LogP contribution < -0.4 is 0 Å². The average molecular weight is 321 g/mol. The molecule has 0 spiro atoms. The SMILES string of the molecule is CC1=C(C)C2C(C(C)=C1C)[N+](C)=C1Cc3ccccc3C(C)(C)N12. The van der Waals surface area contributed by atoms with Crippen molar-refractivity contribution in [3.8, 4) is 0 Å². The second-order valence-electron chi connectivity index (χ2n) is 8.30. The molecule has 2 nitrogen and oxygen atoms in total. The van der Waals surface area contributed by atoms with Crippen LogP contribution >= 0.6 is 0 Å². The molecule has 0 saturated carbocycles. The number of hydrogen-bond donors (Lipinski definition) is 0. The summed E-state index contributed by atoms with van der Waals surface area (Å²) in [5, 5.41) is 0. The molecular formula is C22H29N2+. The molecule has 2 unspecified atom stereocenters. The minimum atomic E-state index is 0.0188. The third-order valence-electron chi connectivity index (χ3n) is 6.94. The maximum atomic E-state index is 2.72. The Bertz CT molecular complexity index is 835. The third-order valence-corrected chi connectivity index (χ3v) is 6.94. The summed E-state index contributed by atoms with van der Waals surface area (Å²) in [7, 11) is 2.29. The maximum Gasteiger partial charge on any atom is 0.253 e. The van der Waals surface area contributed by atoms with Gasteiger partial charge in [0.25, 0.3) is 5.84 Å². The Hall–Kier alpha value is -1.83. The van der Waals surface area contributed by atoms with Crippen LogP contribution in [0.2, 0.25) is 0 Å². The Morgan fingerprint density at radius 2 is 1.62 bits per heavy atom. The summed E-state index contributed by atoms with van der Waals surface area (Å²) in [6, 6.07) is 9.92. The Labute approximate surface area is 146 Å². The Balaban J connectivity index is 1.97. The van der Waals surface area contributed by atoms with Crippen LogP contribution in [0.25, 0.3) is 0 Å². The zero-order chi connectivity index (χ0) is 17.4. The van der Waals surface area contributed by atoms with E-state index in [4.69, 9.17) is 0 Å². The molecule has 2 heteroatoms. The molecule has 0 N–H and O–H groups in total. The largest absolute Gasteiger partial charge is 0.257 e. The van der Waals surface area contributed by atoms with Crippen molar-refractivity contribution in [3.05, 3.63) is 57.7 Å². The van der Waals surface area contributed by atoms with Crippen molar-refractivity contribution in [1.29, 1.82) is 0 Å². The van der Waals surface area contributed by atoms with Gasteiger partial charge in [-0.25, -0.2) is 4.90 Å². The van der Waals surface area contributed by atoms with Gasteiger partial charge in [0.15, 0.2) is 12.1 Å². The fraction of sp³-hybridized carbons (Fsp3) is 0.500. The van der Waals surface area contributed by atoms with E-state index in [1.807, 2.05) is 0 Å². The van der Waals surface area contributed by atoms with Crippen molar-refractivity contribution in [2.75, 3.05) is 7.05 Å². The van der Waals surface area contributed by atoms with E-state index in [2.05, 4.69) is 82.3 Å². The summed E-state index contributed by atoms with van der Waals surface area (Å²) in [4.78, 5) is 2.72. The highest BCUT2D eigenvalue weighted by Crippen LogP contribution is 2.46. The Morgan fingerprint density at radius 3 is 2.33 bits per heavy atom. The summed E-state index contributed by atoms with van der Waals surface area (Å²) in [6.07, 6.45) is 1.04. The van der Waals surface area contributed by atoms with E-state index >= 15 is 0 Å². The zero-order valence-corrected chi connectivity index (χ0v) is 16.1. The van der Waals surface area contributed by atoms with E-state index in [0.717, 1.165) is 6.42 Å². The predicted octanol–water partition coefficient (Wildman–Crippen LogP) is 4.26. The van der Waals surface area contributed by atoms with E-state index in [0.29, 0.717) is 12.1 Å². The molecule has 0 amide bonds. The summed E-state index contributed by atoms with van der Waals surface area (Å²) in [6.45, 7) is 14.1. The van der Waals surface area contributed by atoms with E-state index in [1.54, 1.807) is 0 Å². The first-order chi connectivity index (χ1) is 11.3. The van der Waals surface area contributed by atoms with Gasteiger partial charge in [-0.1, -0.05) is 24.3 Å². The molecule has 4 rings (SSSR count). The molecule has 0 fully saturated rings. The molecule has 2 atom stereocenters. The van der Waals surface area contributed by atoms with Gasteiger partial charge in [0.2, 0.25) is 0 Å². The molecule has 24 heavy (non-hydrogen) atoms. The van der Waals surface area contributed by atoms with Gasteiger partial charge in [-0.15, -0.1) is 0 Å². The molecule has 0 aromatic heterocycles. The first-order valence-electron chi connectivity index (χ1n) is 9.08. The Morgan fingerprint density at radius 1 is 1.00 bits per heavy atom. The van der Waals surface area contributed by atoms with Gasteiger partial charge >= 0.3 is 0 Å². The number of likely N-dealkylation sites (N-methyl/N-ethyl adjacent to an activating group) is 1. The van der Waals surface area contributed by atoms with Crippen LogP contribution in [0.3, 0.4) is 0 Å². The first kappa shape index (κ1) is 15.7. The number of amidine groups is 1. The van der Waals surface area contributed by atoms with Crippen LogP contribution in [0.5, 0.6) is 0 Å². The lowest BCUT2D eigenvalue weighted by Crippen LogP contribution is -2.55. The van der Waals surface area contributed by atoms with Crippen LogP contribution in [-0.4, -0.2) is 34.4 Å². The van der Waals surface area contributed by atoms with Gasteiger partial charge in [-0.2, -0.15) is 0 Å². The standard InChI is InChI=1S/C22H29N2/c1-13-14(2)16(4)21-20(15(13)3)23(7)19-12-17-10-8-9-11-18(17)22(5,6)24(19)21/h8-11,20-21H,12H2,1-7H3/q+1. The molecule has 0 radical (unpaired) electrons. The van der Waals surface area contributed by atoms with E-state index in [9.17, 15) is 0 Å². The highest BCUT2D eigenvalue weighted by Gasteiger charge is 2.58. The lowest BCUT2D eigenvalue weighted by atomic mass is 9.77. The number of hydrogen-bond acceptors (Lipinski definition) is 1. The number of rotatable bonds is 0. The number of benzene rings is 1. The zero-order valence-electron chi connectivity index (χ0n) is 16.1. The minimum absolute atomic E-state index is 0.0188. The molecule has 0 bridgehead atoms. The molecule has 3 aliphatic rings. The normalized spacial score (nSPS) is 28.2. The second kappa shape index (κ2) is 4.84. The van der Waals surface area contributed by atoms with Gasteiger partial charge in [-0.3, -0.25) is 4.58 Å². The van der Waals surface area contributed by atoms with Crippen molar-refractivity contribution >= 4 is 5.84 Å². The summed E-state index contributed by atoms with van der Waals surface area (Å²) in [5.41, 5.74) is 9.03. The van der Waals surface area contributed by atoms with Gasteiger partial charge < -0.3 is 0 Å². The van der Waals surface area contributed by atoms with Gasteiger partial charge in [-0.05, 0) is 69.4 Å². The lowest BCUT2D eigenvalue weighted by Gasteiger charge is -2.42. The number of fused-ring (bicyclic) bond motifs is 4. The molecule has 1 aliphatic carbocycles. The average Bonchev–Trinajstić information content (AvgIpc) is 2.85. The Kier molecular flexibility index (Phi) is 3.16. The lowest BCUT2D eigenvalue weighted by molar-refractivity contribution is -0.521. The molecular weight excluding hydrogens is 292 g/mol. The van der Waals surface area contributed by atoms with E-state index in [1.165, 1.54) is 39.3 Å². The summed E-state index contributed by atoms with van der Waals surface area (Å²) >= 11 is 0.